The molecule has 0 fully saturated rings. The molecule has 0 aromatic rings. The number of nitrogens with zero attached hydrogens (tertiary/aromatic N) is 1. The summed E-state index contributed by atoms with van der Waals surface area (Å²) < 4.78 is 0. The van der Waals surface area contributed by atoms with E-state index in [0.29, 0.717) is 0 Å². The molecule has 0 amide bonds. The van der Waals surface area contributed by atoms with Gasteiger partial charge in [0.25, 0.3) is 0 Å². The molecule has 0 aromatic heterocycles. The summed E-state index contributed by atoms with van der Waals surface area (Å²) in [5.41, 5.74) is -0.0903. The molecule has 1 rings (SSSR count). The summed E-state index contributed by atoms with van der Waals surface area (Å²) in [6.07, 6.45) is 3.27. The van der Waals surface area contributed by atoms with Crippen LogP contribution in [0.4, 0.5) is 0 Å². The molecule has 0 heterocycles. The maximum atomic E-state index is 10.6. The van der Waals surface area contributed by atoms with E-state index in [0.717, 1.165) is 18.2 Å². The van der Waals surface area contributed by atoms with Gasteiger partial charge in [-0.3, -0.25) is 9.59 Å². The molecule has 0 N–H and O–H groups in total. The molecule has 0 aliphatic heterocycles. The van der Waals surface area contributed by atoms with E-state index in [9.17, 15) is 9.59 Å². The monoisotopic (exact) mass is 228 g/mol. The first kappa shape index (κ1) is 17.8. The second-order valence-corrected chi connectivity index (χ2v) is 1.77. The van der Waals surface area contributed by atoms with Crippen molar-refractivity contribution in [3.05, 3.63) is 23.8 Å². The van der Waals surface area contributed by atoms with Gasteiger partial charge in [-0.25, -0.2) is 0 Å². The van der Waals surface area contributed by atoms with Crippen LogP contribution in [0.3, 0.4) is 0 Å². The van der Waals surface area contributed by atoms with E-state index < -0.39 is 5.78 Å². The van der Waals surface area contributed by atoms with Crippen molar-refractivity contribution in [2.24, 2.45) is 0 Å². The van der Waals surface area contributed by atoms with E-state index in [-0.39, 0.29) is 43.3 Å². The number of hydrogen-bond acceptors (Lipinski definition) is 3. The molecule has 1 aliphatic rings. The van der Waals surface area contributed by atoms with Gasteiger partial charge in [-0.2, -0.15) is 5.26 Å². The predicted molar refractivity (Wildman–Crippen MR) is 46.3 cm³/mol. The van der Waals surface area contributed by atoms with E-state index in [4.69, 9.17) is 5.26 Å². The number of nitriles is 1. The fraction of sp³-hybridized carbons (Fsp3) is 0.222. The average Bonchev–Trinajstić information content (AvgIpc) is 1.94. The minimum atomic E-state index is -0.401. The van der Waals surface area contributed by atoms with Crippen molar-refractivity contribution in [2.45, 2.75) is 14.9 Å². The van der Waals surface area contributed by atoms with Crippen LogP contribution in [-0.4, -0.2) is 11.6 Å². The molecule has 0 spiro atoms. The van der Waals surface area contributed by atoms with Crippen molar-refractivity contribution in [1.29, 1.82) is 5.26 Å². The summed E-state index contributed by atoms with van der Waals surface area (Å²) >= 11 is 0. The van der Waals surface area contributed by atoms with E-state index >= 15 is 0 Å². The molecule has 3 nitrogen and oxygen atoms in total. The second-order valence-electron chi connectivity index (χ2n) is 1.77. The van der Waals surface area contributed by atoms with E-state index in [1.807, 2.05) is 0 Å². The number of allylic oxidation sites excluding steroid dienone is 4. The quantitative estimate of drug-likeness (QED) is 0.465. The van der Waals surface area contributed by atoms with E-state index in [1.165, 1.54) is 0 Å². The van der Waals surface area contributed by atoms with Crippen molar-refractivity contribution in [3.63, 3.8) is 0 Å². The SMILES string of the molecule is C.C.N#CC1=CC(=O)C=CC1=O.[Cu]. The Bertz CT molecular complexity index is 297. The molecule has 1 radical (unpaired) electrons. The van der Waals surface area contributed by atoms with Crippen molar-refractivity contribution in [3.8, 4) is 6.07 Å². The molecule has 0 saturated carbocycles. The van der Waals surface area contributed by atoms with E-state index in [1.54, 1.807) is 6.07 Å². The van der Waals surface area contributed by atoms with Crippen LogP contribution in [0.15, 0.2) is 23.8 Å². The van der Waals surface area contributed by atoms with Gasteiger partial charge < -0.3 is 0 Å². The van der Waals surface area contributed by atoms with Crippen LogP contribution in [-0.2, 0) is 26.7 Å². The first-order valence-corrected chi connectivity index (χ1v) is 2.62. The molecule has 13 heavy (non-hydrogen) atoms. The molecule has 0 saturated heterocycles. The van der Waals surface area contributed by atoms with Crippen LogP contribution >= 0.6 is 0 Å². The summed E-state index contributed by atoms with van der Waals surface area (Å²) in [7, 11) is 0. The van der Waals surface area contributed by atoms with Crippen LogP contribution < -0.4 is 0 Å². The number of carbonyl (C=O) groups is 2. The van der Waals surface area contributed by atoms with Crippen LogP contribution in [0.25, 0.3) is 0 Å². The minimum Gasteiger partial charge on any atom is -0.290 e. The fourth-order valence-electron chi connectivity index (χ4n) is 0.596. The Hall–Kier alpha value is -1.17. The van der Waals surface area contributed by atoms with Crippen LogP contribution in [0.1, 0.15) is 14.9 Å². The molecule has 0 atom stereocenters. The third-order valence-corrected chi connectivity index (χ3v) is 1.07. The Balaban J connectivity index is -0.000000333. The normalized spacial score (nSPS) is 12.7. The van der Waals surface area contributed by atoms with Gasteiger partial charge >= 0.3 is 0 Å². The summed E-state index contributed by atoms with van der Waals surface area (Å²) in [6, 6.07) is 1.62. The van der Waals surface area contributed by atoms with Crippen molar-refractivity contribution in [1.82, 2.24) is 0 Å². The zero-order valence-corrected chi connectivity index (χ0v) is 6.24. The molecule has 0 unspecified atom stereocenters. The molecular formula is C9H11CuNO2. The van der Waals surface area contributed by atoms with Crippen LogP contribution in [0, 0.1) is 11.3 Å². The zero-order valence-electron chi connectivity index (χ0n) is 5.30. The average molecular weight is 229 g/mol. The standard InChI is InChI=1S/C7H3NO2.2CH4.Cu/c8-4-5-3-6(9)1-2-7(5)10;;;/h1-3H;2*1H4;. The maximum Gasteiger partial charge on any atom is 0.196 e. The Labute approximate surface area is 88.6 Å². The fourth-order valence-corrected chi connectivity index (χ4v) is 0.596. The number of ketones is 2. The van der Waals surface area contributed by atoms with Gasteiger partial charge in [-0.15, -0.1) is 0 Å². The summed E-state index contributed by atoms with van der Waals surface area (Å²) in [4.78, 5) is 21.2. The predicted octanol–water partition coefficient (Wildman–Crippen LogP) is 1.41. The smallest absolute Gasteiger partial charge is 0.196 e. The van der Waals surface area contributed by atoms with Gasteiger partial charge in [0.05, 0.1) is 0 Å². The topological polar surface area (TPSA) is 57.9 Å². The minimum absolute atomic E-state index is 0. The van der Waals surface area contributed by atoms with Crippen molar-refractivity contribution in [2.75, 3.05) is 0 Å². The largest absolute Gasteiger partial charge is 0.290 e. The Morgan fingerprint density at radius 2 is 1.69 bits per heavy atom. The third-order valence-electron chi connectivity index (χ3n) is 1.07. The second kappa shape index (κ2) is 7.48. The van der Waals surface area contributed by atoms with Gasteiger partial charge in [0.15, 0.2) is 11.6 Å². The molecular weight excluding hydrogens is 218 g/mol. The molecule has 75 valence electrons. The maximum absolute atomic E-state index is 10.6. The van der Waals surface area contributed by atoms with Crippen molar-refractivity contribution < 1.29 is 26.7 Å². The van der Waals surface area contributed by atoms with Gasteiger partial charge in [0.2, 0.25) is 0 Å². The summed E-state index contributed by atoms with van der Waals surface area (Å²) in [6.45, 7) is 0. The Morgan fingerprint density at radius 3 is 2.08 bits per heavy atom. The Morgan fingerprint density at radius 1 is 1.15 bits per heavy atom. The summed E-state index contributed by atoms with van der Waals surface area (Å²) in [5.74, 6) is -0.710. The number of rotatable bonds is 0. The summed E-state index contributed by atoms with van der Waals surface area (Å²) in [5, 5.41) is 8.25. The van der Waals surface area contributed by atoms with Crippen molar-refractivity contribution >= 4 is 11.6 Å². The van der Waals surface area contributed by atoms with Gasteiger partial charge in [-0.1, -0.05) is 14.9 Å². The number of carbonyl (C=O) groups excluding carboxylic acids is 2. The van der Waals surface area contributed by atoms with Gasteiger partial charge in [-0.05, 0) is 12.2 Å². The van der Waals surface area contributed by atoms with Crippen LogP contribution in [0.2, 0.25) is 0 Å². The van der Waals surface area contributed by atoms with Gasteiger partial charge in [0.1, 0.15) is 11.6 Å². The van der Waals surface area contributed by atoms with E-state index in [2.05, 4.69) is 0 Å². The third kappa shape index (κ3) is 4.41. The number of hydrogen-bond donors (Lipinski definition) is 0. The molecule has 4 heteroatoms. The van der Waals surface area contributed by atoms with Crippen LogP contribution in [0.5, 0.6) is 0 Å². The molecule has 1 aliphatic carbocycles. The van der Waals surface area contributed by atoms with Gasteiger partial charge in [0, 0.05) is 23.1 Å². The first-order chi connectivity index (χ1) is 4.74. The Kier molecular flexibility index (Phi) is 10.2. The zero-order chi connectivity index (χ0) is 7.56. The molecule has 0 aromatic carbocycles. The first-order valence-electron chi connectivity index (χ1n) is 2.62. The molecule has 0 bridgehead atoms.